The number of esters is 1. The van der Waals surface area contributed by atoms with Gasteiger partial charge in [-0.15, -0.1) is 0 Å². The molecule has 2 N–H and O–H groups in total. The average molecular weight is 255 g/mol. The fourth-order valence-electron chi connectivity index (χ4n) is 1.96. The van der Waals surface area contributed by atoms with E-state index in [1.165, 1.54) is 0 Å². The molecule has 92 valence electrons. The summed E-state index contributed by atoms with van der Waals surface area (Å²) in [5.74, 6) is -0.437. The van der Waals surface area contributed by atoms with E-state index in [2.05, 4.69) is 4.90 Å². The van der Waals surface area contributed by atoms with Crippen LogP contribution in [0.2, 0.25) is 5.02 Å². The van der Waals surface area contributed by atoms with Crippen LogP contribution in [0, 0.1) is 0 Å². The molecule has 1 aromatic rings. The minimum Gasteiger partial charge on any atom is -0.457 e. The lowest BCUT2D eigenvalue weighted by atomic mass is 10.2. The Morgan fingerprint density at radius 1 is 1.59 bits per heavy atom. The molecule has 0 spiro atoms. The maximum Gasteiger partial charge on any atom is 0.342 e. The molecule has 2 rings (SSSR count). The number of ether oxygens (including phenoxy) is 1. The van der Waals surface area contributed by atoms with E-state index in [9.17, 15) is 4.79 Å². The summed E-state index contributed by atoms with van der Waals surface area (Å²) in [5, 5.41) is 0.335. The van der Waals surface area contributed by atoms with Gasteiger partial charge in [0.1, 0.15) is 11.7 Å². The molecule has 0 radical (unpaired) electrons. The molecule has 1 fully saturated rings. The van der Waals surface area contributed by atoms with Crippen molar-refractivity contribution in [3.63, 3.8) is 0 Å². The summed E-state index contributed by atoms with van der Waals surface area (Å²) in [6, 6.07) is 4.98. The Labute approximate surface area is 105 Å². The van der Waals surface area contributed by atoms with Gasteiger partial charge in [0.05, 0.1) is 5.02 Å². The molecule has 5 heteroatoms. The Morgan fingerprint density at radius 2 is 2.35 bits per heavy atom. The molecular weight excluding hydrogens is 240 g/mol. The van der Waals surface area contributed by atoms with Gasteiger partial charge in [0.2, 0.25) is 0 Å². The molecule has 0 bridgehead atoms. The Bertz CT molecular complexity index is 416. The number of hydrogen-bond acceptors (Lipinski definition) is 4. The third-order valence-electron chi connectivity index (χ3n) is 2.87. The lowest BCUT2D eigenvalue weighted by Crippen LogP contribution is -2.22. The van der Waals surface area contributed by atoms with Gasteiger partial charge in [0, 0.05) is 18.8 Å². The topological polar surface area (TPSA) is 55.6 Å². The largest absolute Gasteiger partial charge is 0.457 e. The summed E-state index contributed by atoms with van der Waals surface area (Å²) in [7, 11) is 2.00. The first-order valence-corrected chi connectivity index (χ1v) is 5.89. The molecule has 0 amide bonds. The number of carbonyl (C=O) groups excluding carboxylic acids is 1. The zero-order chi connectivity index (χ0) is 12.4. The molecule has 0 aromatic heterocycles. The van der Waals surface area contributed by atoms with Gasteiger partial charge in [0.25, 0.3) is 0 Å². The van der Waals surface area contributed by atoms with Gasteiger partial charge in [0.15, 0.2) is 0 Å². The monoisotopic (exact) mass is 254 g/mol. The predicted octanol–water partition coefficient (Wildman–Crippen LogP) is 1.78. The van der Waals surface area contributed by atoms with Crippen molar-refractivity contribution in [1.29, 1.82) is 0 Å². The van der Waals surface area contributed by atoms with E-state index in [0.717, 1.165) is 19.5 Å². The molecule has 0 aliphatic carbocycles. The van der Waals surface area contributed by atoms with Crippen molar-refractivity contribution in [2.24, 2.45) is 0 Å². The summed E-state index contributed by atoms with van der Waals surface area (Å²) < 4.78 is 5.38. The Hall–Kier alpha value is -1.26. The third kappa shape index (κ3) is 2.70. The van der Waals surface area contributed by atoms with Crippen molar-refractivity contribution in [1.82, 2.24) is 4.90 Å². The third-order valence-corrected chi connectivity index (χ3v) is 3.19. The zero-order valence-electron chi connectivity index (χ0n) is 9.65. The van der Waals surface area contributed by atoms with Gasteiger partial charge in [-0.3, -0.25) is 0 Å². The average Bonchev–Trinajstić information content (AvgIpc) is 2.63. The highest BCUT2D eigenvalue weighted by molar-refractivity contribution is 6.34. The van der Waals surface area contributed by atoms with Crippen LogP contribution in [0.25, 0.3) is 0 Å². The molecule has 0 saturated carbocycles. The van der Waals surface area contributed by atoms with Gasteiger partial charge in [-0.1, -0.05) is 17.7 Å². The first-order chi connectivity index (χ1) is 8.08. The molecule has 1 aromatic carbocycles. The SMILES string of the molecule is CN1CCC(OC(=O)c2c(N)cccc2Cl)C1. The van der Waals surface area contributed by atoms with Crippen LogP contribution in [-0.4, -0.2) is 37.1 Å². The molecule has 4 nitrogen and oxygen atoms in total. The van der Waals surface area contributed by atoms with Crippen LogP contribution in [0.5, 0.6) is 0 Å². The fraction of sp³-hybridized carbons (Fsp3) is 0.417. The van der Waals surface area contributed by atoms with Crippen molar-refractivity contribution >= 4 is 23.3 Å². The van der Waals surface area contributed by atoms with Crippen molar-refractivity contribution in [2.75, 3.05) is 25.9 Å². The van der Waals surface area contributed by atoms with E-state index in [-0.39, 0.29) is 11.7 Å². The highest BCUT2D eigenvalue weighted by Gasteiger charge is 2.25. The van der Waals surface area contributed by atoms with Crippen LogP contribution in [0.1, 0.15) is 16.8 Å². The van der Waals surface area contributed by atoms with Crippen LogP contribution in [0.3, 0.4) is 0 Å². The number of hydrogen-bond donors (Lipinski definition) is 1. The van der Waals surface area contributed by atoms with Crippen molar-refractivity contribution in [2.45, 2.75) is 12.5 Å². The first kappa shape index (κ1) is 12.2. The number of nitrogens with two attached hydrogens (primary N) is 1. The second kappa shape index (κ2) is 4.94. The van der Waals surface area contributed by atoms with Crippen LogP contribution in [0.15, 0.2) is 18.2 Å². The standard InChI is InChI=1S/C12H15ClN2O2/c1-15-6-5-8(7-15)17-12(16)11-9(13)3-2-4-10(11)14/h2-4,8H,5-7,14H2,1H3. The van der Waals surface area contributed by atoms with E-state index < -0.39 is 5.97 Å². The highest BCUT2D eigenvalue weighted by Crippen LogP contribution is 2.24. The maximum absolute atomic E-state index is 11.9. The minimum absolute atomic E-state index is 0.0665. The van der Waals surface area contributed by atoms with E-state index >= 15 is 0 Å². The van der Waals surface area contributed by atoms with E-state index in [1.54, 1.807) is 18.2 Å². The lowest BCUT2D eigenvalue weighted by Gasteiger charge is -2.13. The minimum atomic E-state index is -0.437. The summed E-state index contributed by atoms with van der Waals surface area (Å²) in [4.78, 5) is 14.1. The predicted molar refractivity (Wildman–Crippen MR) is 67.2 cm³/mol. The first-order valence-electron chi connectivity index (χ1n) is 5.51. The summed E-state index contributed by atoms with van der Waals surface area (Å²) in [5.41, 5.74) is 6.35. The van der Waals surface area contributed by atoms with Crippen LogP contribution >= 0.6 is 11.6 Å². The van der Waals surface area contributed by atoms with Crippen molar-refractivity contribution < 1.29 is 9.53 Å². The number of anilines is 1. The van der Waals surface area contributed by atoms with Gasteiger partial charge in [-0.2, -0.15) is 0 Å². The molecule has 1 aliphatic heterocycles. The molecule has 1 aliphatic rings. The van der Waals surface area contributed by atoms with Gasteiger partial charge in [-0.25, -0.2) is 4.79 Å². The number of benzene rings is 1. The van der Waals surface area contributed by atoms with Gasteiger partial charge >= 0.3 is 5.97 Å². The summed E-state index contributed by atoms with van der Waals surface area (Å²) in [6.45, 7) is 1.70. The van der Waals surface area contributed by atoms with Gasteiger partial charge < -0.3 is 15.4 Å². The smallest absolute Gasteiger partial charge is 0.342 e. The van der Waals surface area contributed by atoms with E-state index in [0.29, 0.717) is 10.7 Å². The molecular formula is C12H15ClN2O2. The second-order valence-electron chi connectivity index (χ2n) is 4.28. The summed E-state index contributed by atoms with van der Waals surface area (Å²) >= 11 is 5.95. The van der Waals surface area contributed by atoms with E-state index in [4.69, 9.17) is 22.1 Å². The fourth-order valence-corrected chi connectivity index (χ4v) is 2.22. The number of halogens is 1. The van der Waals surface area contributed by atoms with Crippen LogP contribution < -0.4 is 5.73 Å². The maximum atomic E-state index is 11.9. The van der Waals surface area contributed by atoms with Gasteiger partial charge in [-0.05, 0) is 25.6 Å². The number of likely N-dealkylation sites (N-methyl/N-ethyl adjacent to an activating group) is 1. The number of rotatable bonds is 2. The normalized spacial score (nSPS) is 20.5. The highest BCUT2D eigenvalue weighted by atomic mass is 35.5. The molecule has 1 heterocycles. The van der Waals surface area contributed by atoms with Crippen LogP contribution in [0.4, 0.5) is 5.69 Å². The molecule has 1 saturated heterocycles. The van der Waals surface area contributed by atoms with E-state index in [1.807, 2.05) is 7.05 Å². The molecule has 1 atom stereocenters. The quantitative estimate of drug-likeness (QED) is 0.646. The number of nitrogens with zero attached hydrogens (tertiary/aromatic N) is 1. The Morgan fingerprint density at radius 3 is 2.94 bits per heavy atom. The molecule has 1 unspecified atom stereocenters. The summed E-state index contributed by atoms with van der Waals surface area (Å²) in [6.07, 6.45) is 0.787. The number of nitrogen functional groups attached to an aromatic ring is 1. The number of carbonyl (C=O) groups is 1. The zero-order valence-corrected chi connectivity index (χ0v) is 10.4. The van der Waals surface area contributed by atoms with Crippen LogP contribution in [-0.2, 0) is 4.74 Å². The Balaban J connectivity index is 2.10. The number of likely N-dealkylation sites (tertiary alicyclic amines) is 1. The Kier molecular flexibility index (Phi) is 3.54. The second-order valence-corrected chi connectivity index (χ2v) is 4.69. The molecule has 17 heavy (non-hydrogen) atoms. The van der Waals surface area contributed by atoms with Crippen molar-refractivity contribution in [3.8, 4) is 0 Å². The van der Waals surface area contributed by atoms with Crippen molar-refractivity contribution in [3.05, 3.63) is 28.8 Å². The lowest BCUT2D eigenvalue weighted by molar-refractivity contribution is 0.0328.